The lowest BCUT2D eigenvalue weighted by molar-refractivity contribution is -0.384. The van der Waals surface area contributed by atoms with Crippen molar-refractivity contribution in [2.24, 2.45) is 10.2 Å². The van der Waals surface area contributed by atoms with Gasteiger partial charge in [-0.05, 0) is 18.2 Å². The highest BCUT2D eigenvalue weighted by molar-refractivity contribution is 5.82. The normalized spacial score (nSPS) is 11.5. The average molecular weight is 349 g/mol. The van der Waals surface area contributed by atoms with Crippen molar-refractivity contribution in [1.29, 1.82) is 0 Å². The molecular weight excluding hydrogens is 338 g/mol. The van der Waals surface area contributed by atoms with E-state index in [-0.39, 0.29) is 22.9 Å². The number of para-hydroxylation sites is 2. The van der Waals surface area contributed by atoms with Crippen molar-refractivity contribution in [2.75, 3.05) is 5.73 Å². The van der Waals surface area contributed by atoms with Crippen LogP contribution in [0.4, 0.5) is 22.9 Å². The minimum absolute atomic E-state index is 0.0756. The molecule has 2 aromatic heterocycles. The topological polar surface area (TPSA) is 144 Å². The second kappa shape index (κ2) is 5.77. The summed E-state index contributed by atoms with van der Waals surface area (Å²) in [5.41, 5.74) is 6.94. The first kappa shape index (κ1) is 15.4. The van der Waals surface area contributed by atoms with Crippen molar-refractivity contribution < 1.29 is 4.92 Å². The van der Waals surface area contributed by atoms with Crippen molar-refractivity contribution in [2.45, 2.75) is 0 Å². The summed E-state index contributed by atoms with van der Waals surface area (Å²) in [6, 6.07) is 12.9. The molecule has 0 bridgehead atoms. The quantitative estimate of drug-likeness (QED) is 0.332. The zero-order valence-corrected chi connectivity index (χ0v) is 13.2. The fraction of sp³-hybridized carbons (Fsp3) is 0. The number of hydrogen-bond acceptors (Lipinski definition) is 7. The van der Waals surface area contributed by atoms with Gasteiger partial charge >= 0.3 is 0 Å². The summed E-state index contributed by atoms with van der Waals surface area (Å²) >= 11 is 0. The maximum atomic E-state index is 12.3. The Bertz CT molecular complexity index is 1260. The highest BCUT2D eigenvalue weighted by Gasteiger charge is 2.14. The second-order valence-electron chi connectivity index (χ2n) is 5.42. The van der Waals surface area contributed by atoms with E-state index in [1.807, 2.05) is 18.2 Å². The molecule has 0 unspecified atom stereocenters. The van der Waals surface area contributed by atoms with E-state index < -0.39 is 10.5 Å². The molecule has 10 nitrogen and oxygen atoms in total. The van der Waals surface area contributed by atoms with Gasteiger partial charge in [0, 0.05) is 12.1 Å². The number of non-ortho nitro benzene ring substituents is 1. The number of aromatic amines is 1. The Morgan fingerprint density at radius 3 is 2.77 bits per heavy atom. The maximum absolute atomic E-state index is 12.3. The average Bonchev–Trinajstić information content (AvgIpc) is 2.99. The van der Waals surface area contributed by atoms with Gasteiger partial charge in [0.05, 0.1) is 21.6 Å². The number of nitrogens with two attached hydrogens (primary N) is 1. The lowest BCUT2D eigenvalue weighted by atomic mass is 10.3. The molecule has 4 rings (SSSR count). The summed E-state index contributed by atoms with van der Waals surface area (Å²) in [5.74, 6) is 0.370. The van der Waals surface area contributed by atoms with E-state index in [1.165, 1.54) is 24.3 Å². The maximum Gasteiger partial charge on any atom is 0.282 e. The number of nitro benzene ring substituents is 1. The summed E-state index contributed by atoms with van der Waals surface area (Å²) in [7, 11) is 0. The van der Waals surface area contributed by atoms with Crippen molar-refractivity contribution >= 4 is 39.7 Å². The summed E-state index contributed by atoms with van der Waals surface area (Å²) in [6.07, 6.45) is 0. The van der Waals surface area contributed by atoms with Gasteiger partial charge < -0.3 is 5.73 Å². The van der Waals surface area contributed by atoms with Crippen LogP contribution in [-0.4, -0.2) is 19.3 Å². The largest absolute Gasteiger partial charge is 0.383 e. The molecule has 4 aromatic rings. The molecule has 2 aromatic carbocycles. The van der Waals surface area contributed by atoms with Gasteiger partial charge in [0.25, 0.3) is 11.2 Å². The van der Waals surface area contributed by atoms with E-state index in [0.29, 0.717) is 16.8 Å². The van der Waals surface area contributed by atoms with Gasteiger partial charge in [-0.3, -0.25) is 24.3 Å². The third kappa shape index (κ3) is 2.45. The number of nitrogen functional groups attached to an aromatic ring is 1. The van der Waals surface area contributed by atoms with E-state index in [9.17, 15) is 14.9 Å². The predicted octanol–water partition coefficient (Wildman–Crippen LogP) is 3.08. The number of azo groups is 1. The second-order valence-corrected chi connectivity index (χ2v) is 5.42. The third-order valence-electron chi connectivity index (χ3n) is 3.79. The SMILES string of the molecule is Nc1c(N=Nc2cccc([N+](=O)[O-])c2)c(=O)[nH]c2nc3ccccc3n12. The molecule has 0 aliphatic carbocycles. The van der Waals surface area contributed by atoms with E-state index in [1.54, 1.807) is 10.5 Å². The van der Waals surface area contributed by atoms with Crippen LogP contribution in [0, 0.1) is 10.1 Å². The minimum Gasteiger partial charge on any atom is -0.383 e. The van der Waals surface area contributed by atoms with Crippen LogP contribution in [-0.2, 0) is 0 Å². The Labute approximate surface area is 144 Å². The first-order valence-electron chi connectivity index (χ1n) is 7.50. The van der Waals surface area contributed by atoms with E-state index in [4.69, 9.17) is 5.73 Å². The van der Waals surface area contributed by atoms with Gasteiger partial charge in [0.15, 0.2) is 5.69 Å². The van der Waals surface area contributed by atoms with Crippen LogP contribution < -0.4 is 11.3 Å². The van der Waals surface area contributed by atoms with Crippen LogP contribution in [0.25, 0.3) is 16.8 Å². The number of nitro groups is 1. The number of fused-ring (bicyclic) bond motifs is 3. The molecule has 0 aliphatic rings. The smallest absolute Gasteiger partial charge is 0.282 e. The molecule has 2 heterocycles. The molecular formula is C16H11N7O3. The molecule has 0 amide bonds. The lowest BCUT2D eigenvalue weighted by Crippen LogP contribution is -2.12. The molecule has 10 heteroatoms. The van der Waals surface area contributed by atoms with Gasteiger partial charge in [-0.15, -0.1) is 10.2 Å². The van der Waals surface area contributed by atoms with Gasteiger partial charge in [-0.1, -0.05) is 18.2 Å². The van der Waals surface area contributed by atoms with Crippen LogP contribution in [0.5, 0.6) is 0 Å². The molecule has 0 saturated heterocycles. The van der Waals surface area contributed by atoms with Crippen LogP contribution in [0.15, 0.2) is 63.6 Å². The van der Waals surface area contributed by atoms with Crippen LogP contribution in [0.2, 0.25) is 0 Å². The number of anilines is 1. The number of nitrogens with one attached hydrogen (secondary N) is 1. The highest BCUT2D eigenvalue weighted by atomic mass is 16.6. The minimum atomic E-state index is -0.556. The summed E-state index contributed by atoms with van der Waals surface area (Å²) in [5, 5.41) is 18.6. The van der Waals surface area contributed by atoms with Gasteiger partial charge in [0.2, 0.25) is 5.78 Å². The van der Waals surface area contributed by atoms with Crippen molar-refractivity contribution in [1.82, 2.24) is 14.4 Å². The van der Waals surface area contributed by atoms with Crippen LogP contribution in [0.3, 0.4) is 0 Å². The van der Waals surface area contributed by atoms with Gasteiger partial charge in [-0.25, -0.2) is 4.98 Å². The number of benzene rings is 2. The Morgan fingerprint density at radius 1 is 1.15 bits per heavy atom. The molecule has 3 N–H and O–H groups in total. The van der Waals surface area contributed by atoms with E-state index in [2.05, 4.69) is 20.2 Å². The highest BCUT2D eigenvalue weighted by Crippen LogP contribution is 2.26. The third-order valence-corrected chi connectivity index (χ3v) is 3.79. The summed E-state index contributed by atoms with van der Waals surface area (Å²) in [6.45, 7) is 0. The zero-order valence-electron chi connectivity index (χ0n) is 13.2. The first-order chi connectivity index (χ1) is 12.5. The van der Waals surface area contributed by atoms with Crippen LogP contribution in [0.1, 0.15) is 0 Å². The predicted molar refractivity (Wildman–Crippen MR) is 95.0 cm³/mol. The Hall–Kier alpha value is -4.08. The number of imidazole rings is 1. The van der Waals surface area contributed by atoms with Gasteiger partial charge in [0.1, 0.15) is 5.82 Å². The number of aromatic nitrogens is 3. The van der Waals surface area contributed by atoms with E-state index in [0.717, 1.165) is 0 Å². The molecule has 0 aliphatic heterocycles. The Balaban J connectivity index is 1.86. The molecule has 128 valence electrons. The lowest BCUT2D eigenvalue weighted by Gasteiger charge is -2.03. The molecule has 0 atom stereocenters. The fourth-order valence-corrected chi connectivity index (χ4v) is 2.61. The Morgan fingerprint density at radius 2 is 1.96 bits per heavy atom. The fourth-order valence-electron chi connectivity index (χ4n) is 2.61. The number of H-pyrrole nitrogens is 1. The molecule has 0 saturated carbocycles. The molecule has 0 spiro atoms. The van der Waals surface area contributed by atoms with Crippen molar-refractivity contribution in [3.8, 4) is 0 Å². The van der Waals surface area contributed by atoms with Crippen molar-refractivity contribution in [3.63, 3.8) is 0 Å². The molecule has 0 radical (unpaired) electrons. The number of rotatable bonds is 3. The number of hydrogen-bond donors (Lipinski definition) is 2. The van der Waals surface area contributed by atoms with E-state index >= 15 is 0 Å². The molecule has 0 fully saturated rings. The standard InChI is InChI=1S/C16H11N7O3/c17-14-13(21-20-9-4-3-5-10(8-9)23(25)26)15(24)19-16-18-11-6-1-2-7-12(11)22(14)16/h1-8H,17H2,(H,18,19,24). The molecule has 26 heavy (non-hydrogen) atoms. The summed E-state index contributed by atoms with van der Waals surface area (Å²) < 4.78 is 1.57. The zero-order chi connectivity index (χ0) is 18.3. The summed E-state index contributed by atoms with van der Waals surface area (Å²) in [4.78, 5) is 29.5. The number of nitrogens with zero attached hydrogens (tertiary/aromatic N) is 5. The van der Waals surface area contributed by atoms with Gasteiger partial charge in [-0.2, -0.15) is 0 Å². The van der Waals surface area contributed by atoms with Crippen molar-refractivity contribution in [3.05, 3.63) is 69.0 Å². The monoisotopic (exact) mass is 349 g/mol. The van der Waals surface area contributed by atoms with Crippen LogP contribution >= 0.6 is 0 Å². The first-order valence-corrected chi connectivity index (χ1v) is 7.50. The Kier molecular flexibility index (Phi) is 3.43.